The second kappa shape index (κ2) is 7.85. The molecule has 0 atom stereocenters. The summed E-state index contributed by atoms with van der Waals surface area (Å²) in [6.45, 7) is 9.22. The van der Waals surface area contributed by atoms with Crippen LogP contribution in [-0.4, -0.2) is 0 Å². The molecule has 0 heterocycles. The van der Waals surface area contributed by atoms with Gasteiger partial charge in [0.25, 0.3) is 0 Å². The molecule has 0 fully saturated rings. The van der Waals surface area contributed by atoms with E-state index in [1.807, 2.05) is 0 Å². The van der Waals surface area contributed by atoms with E-state index < -0.39 is 0 Å². The first-order valence-electron chi connectivity index (χ1n) is 11.0. The number of hydrogen-bond acceptors (Lipinski definition) is 0. The molecule has 6 rings (SSSR count). The Hall–Kier alpha value is -1.91. The third-order valence-corrected chi connectivity index (χ3v) is 8.67. The van der Waals surface area contributed by atoms with E-state index in [9.17, 15) is 0 Å². The van der Waals surface area contributed by atoms with Gasteiger partial charge in [-0.05, 0) is 73.7 Å². The van der Waals surface area contributed by atoms with Gasteiger partial charge in [-0.2, -0.15) is 0 Å². The normalized spacial score (nSPS) is 15.7. The number of halogens is 2. The Morgan fingerprint density at radius 3 is 1.56 bits per heavy atom. The quantitative estimate of drug-likeness (QED) is 0.178. The fourth-order valence-corrected chi connectivity index (χ4v) is 6.79. The van der Waals surface area contributed by atoms with Gasteiger partial charge in [0.05, 0.1) is 0 Å². The summed E-state index contributed by atoms with van der Waals surface area (Å²) in [5, 5.41) is 0. The van der Waals surface area contributed by atoms with Crippen LogP contribution in [0, 0.1) is 3.57 Å². The molecule has 2 aliphatic rings. The third-order valence-electron chi connectivity index (χ3n) is 7.11. The minimum absolute atomic E-state index is 0.121. The fraction of sp³-hybridized carbons (Fsp3) is 0.200. The van der Waals surface area contributed by atoms with Crippen LogP contribution in [0.5, 0.6) is 0 Å². The van der Waals surface area contributed by atoms with Crippen LogP contribution in [0.1, 0.15) is 49.9 Å². The second-order valence-electron chi connectivity index (χ2n) is 9.67. The van der Waals surface area contributed by atoms with E-state index in [1.165, 1.54) is 52.6 Å². The predicted octanol–water partition coefficient (Wildman–Crippen LogP) is 9.35. The van der Waals surface area contributed by atoms with Gasteiger partial charge in [-0.15, -0.1) is 0 Å². The SMILES string of the molecule is CC1(C)c2ccccc2-c2c(Br)cccc21.CC1(C)c2ccccc2-c2c(I)cccc21. The van der Waals surface area contributed by atoms with Crippen LogP contribution in [0.4, 0.5) is 0 Å². The van der Waals surface area contributed by atoms with Gasteiger partial charge in [-0.3, -0.25) is 0 Å². The van der Waals surface area contributed by atoms with Crippen molar-refractivity contribution in [1.29, 1.82) is 0 Å². The molecule has 0 N–H and O–H groups in total. The molecule has 2 aliphatic carbocycles. The second-order valence-corrected chi connectivity index (χ2v) is 11.7. The van der Waals surface area contributed by atoms with E-state index >= 15 is 0 Å². The van der Waals surface area contributed by atoms with E-state index in [0.717, 1.165) is 0 Å². The molecule has 0 saturated heterocycles. The van der Waals surface area contributed by atoms with Crippen molar-refractivity contribution in [2.75, 3.05) is 0 Å². The standard InChI is InChI=1S/C15H13Br.C15H13I/c2*1-15(2)11-7-4-3-6-10(11)14-12(15)8-5-9-13(14)16/h2*3-9H,1-2H3. The zero-order valence-electron chi connectivity index (χ0n) is 18.8. The van der Waals surface area contributed by atoms with Crippen molar-refractivity contribution in [1.82, 2.24) is 0 Å². The number of benzene rings is 4. The lowest BCUT2D eigenvalue weighted by Gasteiger charge is -2.21. The summed E-state index contributed by atoms with van der Waals surface area (Å²) in [5.74, 6) is 0. The van der Waals surface area contributed by atoms with Gasteiger partial charge in [0, 0.05) is 24.4 Å². The van der Waals surface area contributed by atoms with Crippen LogP contribution < -0.4 is 0 Å². The number of hydrogen-bond donors (Lipinski definition) is 0. The van der Waals surface area contributed by atoms with Gasteiger partial charge < -0.3 is 0 Å². The van der Waals surface area contributed by atoms with E-state index in [4.69, 9.17) is 0 Å². The molecule has 0 amide bonds. The summed E-state index contributed by atoms with van der Waals surface area (Å²) in [7, 11) is 0. The zero-order chi connectivity index (χ0) is 22.7. The Morgan fingerprint density at radius 1 is 0.531 bits per heavy atom. The largest absolute Gasteiger partial charge is 0.0619 e. The molecular formula is C30H26BrI. The third kappa shape index (κ3) is 3.21. The molecule has 0 aromatic heterocycles. The van der Waals surface area contributed by atoms with Crippen molar-refractivity contribution in [3.8, 4) is 22.3 Å². The van der Waals surface area contributed by atoms with Crippen LogP contribution in [-0.2, 0) is 10.8 Å². The van der Waals surface area contributed by atoms with Crippen molar-refractivity contribution in [3.63, 3.8) is 0 Å². The van der Waals surface area contributed by atoms with Gasteiger partial charge in [-0.25, -0.2) is 0 Å². The van der Waals surface area contributed by atoms with Crippen LogP contribution >= 0.6 is 38.5 Å². The molecule has 32 heavy (non-hydrogen) atoms. The molecule has 0 saturated carbocycles. The minimum atomic E-state index is 0.121. The maximum absolute atomic E-state index is 3.67. The average molecular weight is 593 g/mol. The van der Waals surface area contributed by atoms with Gasteiger partial charge >= 0.3 is 0 Å². The lowest BCUT2D eigenvalue weighted by molar-refractivity contribution is 0.660. The Balaban J connectivity index is 0.000000135. The highest BCUT2D eigenvalue weighted by Crippen LogP contribution is 2.51. The van der Waals surface area contributed by atoms with Crippen molar-refractivity contribution >= 4 is 38.5 Å². The first kappa shape index (κ1) is 21.9. The number of rotatable bonds is 0. The monoisotopic (exact) mass is 592 g/mol. The molecule has 0 unspecified atom stereocenters. The molecule has 0 bridgehead atoms. The van der Waals surface area contributed by atoms with Crippen LogP contribution in [0.15, 0.2) is 89.4 Å². The van der Waals surface area contributed by atoms with Crippen molar-refractivity contribution < 1.29 is 0 Å². The van der Waals surface area contributed by atoms with Crippen molar-refractivity contribution in [3.05, 3.63) is 115 Å². The molecule has 4 aromatic carbocycles. The first-order valence-corrected chi connectivity index (χ1v) is 12.9. The van der Waals surface area contributed by atoms with E-state index in [2.05, 4.69) is 151 Å². The van der Waals surface area contributed by atoms with Crippen LogP contribution in [0.25, 0.3) is 22.3 Å². The topological polar surface area (TPSA) is 0 Å². The predicted molar refractivity (Wildman–Crippen MR) is 148 cm³/mol. The molecule has 2 heteroatoms. The maximum Gasteiger partial charge on any atom is 0.0256 e. The van der Waals surface area contributed by atoms with E-state index in [-0.39, 0.29) is 10.8 Å². The lowest BCUT2D eigenvalue weighted by Crippen LogP contribution is -2.14. The molecule has 0 radical (unpaired) electrons. The van der Waals surface area contributed by atoms with Crippen molar-refractivity contribution in [2.45, 2.75) is 38.5 Å². The maximum atomic E-state index is 3.67. The smallest absolute Gasteiger partial charge is 0.0256 e. The van der Waals surface area contributed by atoms with Gasteiger partial charge in [0.1, 0.15) is 0 Å². The van der Waals surface area contributed by atoms with Crippen LogP contribution in [0.2, 0.25) is 0 Å². The molecule has 0 spiro atoms. The van der Waals surface area contributed by atoms with Crippen molar-refractivity contribution in [2.24, 2.45) is 0 Å². The lowest BCUT2D eigenvalue weighted by atomic mass is 9.82. The summed E-state index contributed by atoms with van der Waals surface area (Å²) in [6.07, 6.45) is 0. The molecule has 0 nitrogen and oxygen atoms in total. The van der Waals surface area contributed by atoms with E-state index in [0.29, 0.717) is 0 Å². The summed E-state index contributed by atoms with van der Waals surface area (Å²) >= 11 is 6.11. The highest BCUT2D eigenvalue weighted by Gasteiger charge is 2.36. The Bertz CT molecular complexity index is 1240. The summed E-state index contributed by atoms with van der Waals surface area (Å²) in [4.78, 5) is 0. The highest BCUT2D eigenvalue weighted by atomic mass is 127. The van der Waals surface area contributed by atoms with Crippen LogP contribution in [0.3, 0.4) is 0 Å². The minimum Gasteiger partial charge on any atom is -0.0619 e. The molecule has 0 aliphatic heterocycles. The first-order chi connectivity index (χ1) is 15.2. The summed E-state index contributed by atoms with van der Waals surface area (Å²) < 4.78 is 2.55. The Kier molecular flexibility index (Phi) is 5.37. The Labute approximate surface area is 213 Å². The van der Waals surface area contributed by atoms with Gasteiger partial charge in [-0.1, -0.05) is 116 Å². The molecule has 160 valence electrons. The van der Waals surface area contributed by atoms with Gasteiger partial charge in [0.15, 0.2) is 0 Å². The molecular weight excluding hydrogens is 567 g/mol. The summed E-state index contributed by atoms with van der Waals surface area (Å²) in [6, 6.07) is 30.6. The van der Waals surface area contributed by atoms with Gasteiger partial charge in [0.2, 0.25) is 0 Å². The Morgan fingerprint density at radius 2 is 0.969 bits per heavy atom. The zero-order valence-corrected chi connectivity index (χ0v) is 22.6. The number of fused-ring (bicyclic) bond motifs is 6. The fourth-order valence-electron chi connectivity index (χ4n) is 5.42. The van der Waals surface area contributed by atoms with E-state index in [1.54, 1.807) is 0 Å². The summed E-state index contributed by atoms with van der Waals surface area (Å²) in [5.41, 5.74) is 11.6. The molecule has 4 aromatic rings. The average Bonchev–Trinajstić information content (AvgIpc) is 3.16. The highest BCUT2D eigenvalue weighted by molar-refractivity contribution is 14.1.